The second-order valence-corrected chi connectivity index (χ2v) is 9.12. The fraction of sp³-hybridized carbons (Fsp3) is 0.450. The van der Waals surface area contributed by atoms with Gasteiger partial charge in [0.1, 0.15) is 22.8 Å². The summed E-state index contributed by atoms with van der Waals surface area (Å²) in [4.78, 5) is 13.1. The fourth-order valence-corrected chi connectivity index (χ4v) is 5.45. The third kappa shape index (κ3) is 3.41. The number of halogens is 2. The van der Waals surface area contributed by atoms with Crippen LogP contribution in [0.25, 0.3) is 0 Å². The Labute approximate surface area is 187 Å². The van der Waals surface area contributed by atoms with Gasteiger partial charge in [0, 0.05) is 18.7 Å². The Bertz CT molecular complexity index is 1170. The van der Waals surface area contributed by atoms with E-state index < -0.39 is 17.3 Å². The van der Waals surface area contributed by atoms with Crippen LogP contribution in [0, 0.1) is 17.7 Å². The monoisotopic (exact) mass is 460 g/mol. The predicted molar refractivity (Wildman–Crippen MR) is 113 cm³/mol. The molecule has 2 fully saturated rings. The number of hydrogen-bond donors (Lipinski definition) is 4. The van der Waals surface area contributed by atoms with Crippen molar-refractivity contribution in [1.82, 2.24) is 30.4 Å². The molecule has 5 rings (SSSR count). The lowest BCUT2D eigenvalue weighted by molar-refractivity contribution is 0.0254. The molecule has 0 spiro atoms. The minimum absolute atomic E-state index is 0.0286. The van der Waals surface area contributed by atoms with Gasteiger partial charge in [-0.3, -0.25) is 9.48 Å². The molecule has 10 nitrogen and oxygen atoms in total. The van der Waals surface area contributed by atoms with Gasteiger partial charge in [0.25, 0.3) is 5.91 Å². The summed E-state index contributed by atoms with van der Waals surface area (Å²) in [5.74, 6) is 0.116. The molecule has 2 saturated carbocycles. The van der Waals surface area contributed by atoms with Gasteiger partial charge >= 0.3 is 0 Å². The third-order valence-electron chi connectivity index (χ3n) is 6.71. The molecule has 1 amide bonds. The van der Waals surface area contributed by atoms with Crippen LogP contribution in [0.4, 0.5) is 15.9 Å². The summed E-state index contributed by atoms with van der Waals surface area (Å²) in [6.45, 7) is 0. The van der Waals surface area contributed by atoms with Gasteiger partial charge in [-0.1, -0.05) is 16.8 Å². The minimum Gasteiger partial charge on any atom is -0.383 e. The molecule has 2 aliphatic carbocycles. The van der Waals surface area contributed by atoms with Crippen molar-refractivity contribution in [2.45, 2.75) is 37.2 Å². The quantitative estimate of drug-likeness (QED) is 0.467. The number of hydrogen-bond acceptors (Lipinski definition) is 7. The van der Waals surface area contributed by atoms with Gasteiger partial charge in [0.15, 0.2) is 0 Å². The highest BCUT2D eigenvalue weighted by molar-refractivity contribution is 6.31. The van der Waals surface area contributed by atoms with Crippen LogP contribution >= 0.6 is 11.6 Å². The lowest BCUT2D eigenvalue weighted by Crippen LogP contribution is -2.25. The zero-order chi connectivity index (χ0) is 22.6. The molecule has 0 aliphatic heterocycles. The van der Waals surface area contributed by atoms with Gasteiger partial charge in [-0.15, -0.1) is 10.2 Å². The van der Waals surface area contributed by atoms with E-state index in [0.29, 0.717) is 35.6 Å². The molecule has 3 aromatic rings. The standard InChI is InChI=1S/C20H22ClFN8O2/c1-30-17(23)15(18(31)24-12-2-3-14(22)13(21)6-12)16(27-30)9-4-10-7-20(32,8-11(10)5-9)19-25-28-29-26-19/h2-3,6,9-11,32H,4-5,7-8,23H2,1H3,(H,24,31)(H,25,26,28,29). The Hall–Kier alpha value is -3.05. The molecule has 32 heavy (non-hydrogen) atoms. The average molecular weight is 461 g/mol. The Kier molecular flexibility index (Phi) is 4.90. The second kappa shape index (κ2) is 7.52. The number of H-pyrrole nitrogens is 1. The summed E-state index contributed by atoms with van der Waals surface area (Å²) in [5, 5.41) is 32.1. The molecule has 2 aliphatic rings. The Morgan fingerprint density at radius 2 is 2.09 bits per heavy atom. The number of nitrogens with one attached hydrogen (secondary N) is 2. The topological polar surface area (TPSA) is 148 Å². The number of nitrogen functional groups attached to an aromatic ring is 1. The first kappa shape index (κ1) is 20.8. The number of tetrazole rings is 1. The molecule has 12 heteroatoms. The van der Waals surface area contributed by atoms with Gasteiger partial charge in [-0.2, -0.15) is 10.3 Å². The van der Waals surface area contributed by atoms with Crippen LogP contribution in [0.15, 0.2) is 18.2 Å². The molecule has 2 aromatic heterocycles. The number of carbonyl (C=O) groups is 1. The average Bonchev–Trinajstić information content (AvgIpc) is 3.49. The Morgan fingerprint density at radius 3 is 2.72 bits per heavy atom. The van der Waals surface area contributed by atoms with E-state index in [-0.39, 0.29) is 28.6 Å². The number of nitrogens with zero attached hydrogens (tertiary/aromatic N) is 5. The van der Waals surface area contributed by atoms with E-state index in [4.69, 9.17) is 17.3 Å². The molecule has 1 aromatic carbocycles. The van der Waals surface area contributed by atoms with Crippen molar-refractivity contribution in [3.8, 4) is 0 Å². The number of benzene rings is 1. The van der Waals surface area contributed by atoms with E-state index in [1.165, 1.54) is 22.9 Å². The van der Waals surface area contributed by atoms with Gasteiger partial charge in [-0.25, -0.2) is 4.39 Å². The first-order valence-corrected chi connectivity index (χ1v) is 10.7. The smallest absolute Gasteiger partial charge is 0.261 e. The fourth-order valence-electron chi connectivity index (χ4n) is 5.27. The summed E-state index contributed by atoms with van der Waals surface area (Å²) < 4.78 is 14.9. The van der Waals surface area contributed by atoms with Crippen molar-refractivity contribution in [2.75, 3.05) is 11.1 Å². The number of carbonyl (C=O) groups excluding carboxylic acids is 1. The number of amides is 1. The summed E-state index contributed by atoms with van der Waals surface area (Å²) in [6.07, 6.45) is 2.60. The van der Waals surface area contributed by atoms with Crippen molar-refractivity contribution in [3.63, 3.8) is 0 Å². The molecule has 0 radical (unpaired) electrons. The van der Waals surface area contributed by atoms with Crippen molar-refractivity contribution in [3.05, 3.63) is 46.1 Å². The molecule has 5 N–H and O–H groups in total. The maximum Gasteiger partial charge on any atom is 0.261 e. The number of aromatic amines is 1. The van der Waals surface area contributed by atoms with E-state index in [1.54, 1.807) is 7.05 Å². The van der Waals surface area contributed by atoms with E-state index in [0.717, 1.165) is 12.8 Å². The number of fused-ring (bicyclic) bond motifs is 1. The molecule has 168 valence electrons. The molecule has 2 heterocycles. The molecule has 2 unspecified atom stereocenters. The first-order chi connectivity index (χ1) is 15.2. The van der Waals surface area contributed by atoms with Crippen molar-refractivity contribution >= 4 is 29.0 Å². The lowest BCUT2D eigenvalue weighted by Gasteiger charge is -2.20. The van der Waals surface area contributed by atoms with Crippen molar-refractivity contribution in [2.24, 2.45) is 18.9 Å². The zero-order valence-electron chi connectivity index (χ0n) is 17.2. The highest BCUT2D eigenvalue weighted by Gasteiger charge is 2.52. The summed E-state index contributed by atoms with van der Waals surface area (Å²) in [5.41, 5.74) is 6.41. The number of rotatable bonds is 4. The van der Waals surface area contributed by atoms with Crippen LogP contribution in [0.3, 0.4) is 0 Å². The van der Waals surface area contributed by atoms with Crippen molar-refractivity contribution < 1.29 is 14.3 Å². The van der Waals surface area contributed by atoms with E-state index in [9.17, 15) is 14.3 Å². The van der Waals surface area contributed by atoms with Gasteiger partial charge < -0.3 is 16.2 Å². The summed E-state index contributed by atoms with van der Waals surface area (Å²) in [7, 11) is 1.69. The lowest BCUT2D eigenvalue weighted by atomic mass is 9.91. The zero-order valence-corrected chi connectivity index (χ0v) is 18.0. The SMILES string of the molecule is Cn1nc(C2CC3CC(O)(c4nn[nH]n4)CC3C2)c(C(=O)Nc2ccc(F)c(Cl)c2)c1N. The Morgan fingerprint density at radius 1 is 1.38 bits per heavy atom. The number of aromatic nitrogens is 6. The molecule has 0 bridgehead atoms. The van der Waals surface area contributed by atoms with Gasteiger partial charge in [0.2, 0.25) is 5.82 Å². The molecular formula is C20H22ClFN8O2. The van der Waals surface area contributed by atoms with Crippen LogP contribution in [-0.4, -0.2) is 41.4 Å². The number of anilines is 2. The summed E-state index contributed by atoms with van der Waals surface area (Å²) >= 11 is 5.83. The minimum atomic E-state index is -1.08. The van der Waals surface area contributed by atoms with Crippen LogP contribution in [0.5, 0.6) is 0 Å². The maximum absolute atomic E-state index is 13.4. The number of nitrogens with two attached hydrogens (primary N) is 1. The van der Waals surface area contributed by atoms with Crippen LogP contribution in [0.2, 0.25) is 5.02 Å². The largest absolute Gasteiger partial charge is 0.383 e. The van der Waals surface area contributed by atoms with Crippen LogP contribution < -0.4 is 11.1 Å². The predicted octanol–water partition coefficient (Wildman–Crippen LogP) is 2.35. The molecular weight excluding hydrogens is 439 g/mol. The van der Waals surface area contributed by atoms with Crippen LogP contribution in [0.1, 0.15) is 53.5 Å². The summed E-state index contributed by atoms with van der Waals surface area (Å²) in [6, 6.07) is 3.97. The second-order valence-electron chi connectivity index (χ2n) is 8.72. The third-order valence-corrected chi connectivity index (χ3v) is 7.00. The normalized spacial score (nSPS) is 26.9. The maximum atomic E-state index is 13.4. The van der Waals surface area contributed by atoms with Gasteiger partial charge in [-0.05, 0) is 55.7 Å². The number of aliphatic hydroxyl groups is 1. The van der Waals surface area contributed by atoms with E-state index in [1.807, 2.05) is 0 Å². The molecule has 0 saturated heterocycles. The van der Waals surface area contributed by atoms with Crippen LogP contribution in [-0.2, 0) is 12.6 Å². The van der Waals surface area contributed by atoms with E-state index in [2.05, 4.69) is 31.0 Å². The van der Waals surface area contributed by atoms with Gasteiger partial charge in [0.05, 0.1) is 10.7 Å². The molecule has 2 atom stereocenters. The van der Waals surface area contributed by atoms with Crippen molar-refractivity contribution in [1.29, 1.82) is 0 Å². The Balaban J connectivity index is 1.36. The highest BCUT2D eigenvalue weighted by Crippen LogP contribution is 2.56. The highest BCUT2D eigenvalue weighted by atomic mass is 35.5. The number of aryl methyl sites for hydroxylation is 1. The van der Waals surface area contributed by atoms with E-state index >= 15 is 0 Å². The first-order valence-electron chi connectivity index (χ1n) is 10.3.